The van der Waals surface area contributed by atoms with Crippen LogP contribution in [0.4, 0.5) is 5.82 Å². The van der Waals surface area contributed by atoms with Crippen LogP contribution in [0.2, 0.25) is 0 Å². The lowest BCUT2D eigenvalue weighted by molar-refractivity contribution is 0.768. The van der Waals surface area contributed by atoms with Crippen LogP contribution in [0.1, 0.15) is 12.6 Å². The standard InChI is InChI=1S/C11H15BrN2S/c1-8-7-14(5-6-15-8)11-4-3-10(12)9(2)13-11/h3-4,8H,5-7H2,1-2H3. The molecule has 0 aliphatic carbocycles. The molecule has 0 saturated carbocycles. The number of aromatic nitrogens is 1. The van der Waals surface area contributed by atoms with E-state index < -0.39 is 0 Å². The normalized spacial score (nSPS) is 21.8. The maximum absolute atomic E-state index is 4.60. The van der Waals surface area contributed by atoms with Crippen LogP contribution >= 0.6 is 27.7 Å². The highest BCUT2D eigenvalue weighted by Gasteiger charge is 2.17. The van der Waals surface area contributed by atoms with Gasteiger partial charge in [-0.05, 0) is 35.0 Å². The van der Waals surface area contributed by atoms with E-state index >= 15 is 0 Å². The average molecular weight is 287 g/mol. The number of hydrogen-bond acceptors (Lipinski definition) is 3. The van der Waals surface area contributed by atoms with Gasteiger partial charge in [-0.25, -0.2) is 4.98 Å². The van der Waals surface area contributed by atoms with E-state index in [0.29, 0.717) is 5.25 Å². The van der Waals surface area contributed by atoms with E-state index in [9.17, 15) is 0 Å². The lowest BCUT2D eigenvalue weighted by atomic mass is 10.3. The maximum Gasteiger partial charge on any atom is 0.128 e. The molecular formula is C11H15BrN2S. The van der Waals surface area contributed by atoms with Gasteiger partial charge in [-0.1, -0.05) is 6.92 Å². The fourth-order valence-corrected chi connectivity index (χ4v) is 2.97. The summed E-state index contributed by atoms with van der Waals surface area (Å²) < 4.78 is 1.09. The zero-order valence-corrected chi connectivity index (χ0v) is 11.4. The molecule has 1 fully saturated rings. The first kappa shape index (κ1) is 11.3. The quantitative estimate of drug-likeness (QED) is 0.789. The van der Waals surface area contributed by atoms with E-state index in [1.807, 2.05) is 18.7 Å². The number of halogens is 1. The molecule has 0 spiro atoms. The van der Waals surface area contributed by atoms with Crippen molar-refractivity contribution in [3.05, 3.63) is 22.3 Å². The van der Waals surface area contributed by atoms with Gasteiger partial charge in [-0.2, -0.15) is 11.8 Å². The zero-order chi connectivity index (χ0) is 10.8. The molecule has 1 unspecified atom stereocenters. The molecule has 0 aromatic carbocycles. The van der Waals surface area contributed by atoms with Crippen LogP contribution in [0.5, 0.6) is 0 Å². The Kier molecular flexibility index (Phi) is 3.57. The molecule has 0 N–H and O–H groups in total. The summed E-state index contributed by atoms with van der Waals surface area (Å²) in [5, 5.41) is 0.713. The first-order valence-corrected chi connectivity index (χ1v) is 7.00. The molecule has 1 atom stereocenters. The second-order valence-electron chi connectivity index (χ2n) is 3.86. The Morgan fingerprint density at radius 1 is 1.53 bits per heavy atom. The largest absolute Gasteiger partial charge is 0.355 e. The summed E-state index contributed by atoms with van der Waals surface area (Å²) in [5.41, 5.74) is 1.07. The van der Waals surface area contributed by atoms with E-state index in [-0.39, 0.29) is 0 Å². The third-order valence-corrected chi connectivity index (χ3v) is 4.55. The zero-order valence-electron chi connectivity index (χ0n) is 9.03. The fourth-order valence-electron chi connectivity index (χ4n) is 1.73. The van der Waals surface area contributed by atoms with Crippen molar-refractivity contribution in [2.24, 2.45) is 0 Å². The predicted octanol–water partition coefficient (Wildman–Crippen LogP) is 3.09. The van der Waals surface area contributed by atoms with E-state index in [0.717, 1.165) is 29.1 Å². The van der Waals surface area contributed by atoms with E-state index in [1.54, 1.807) is 0 Å². The van der Waals surface area contributed by atoms with Crippen LogP contribution in [0.15, 0.2) is 16.6 Å². The summed E-state index contributed by atoms with van der Waals surface area (Å²) in [6.45, 7) is 6.54. The van der Waals surface area contributed by atoms with Crippen molar-refractivity contribution in [1.29, 1.82) is 0 Å². The van der Waals surface area contributed by atoms with E-state index in [1.165, 1.54) is 5.75 Å². The van der Waals surface area contributed by atoms with Crippen LogP contribution in [-0.2, 0) is 0 Å². The molecular weight excluding hydrogens is 272 g/mol. The fraction of sp³-hybridized carbons (Fsp3) is 0.545. The van der Waals surface area contributed by atoms with Crippen molar-refractivity contribution >= 4 is 33.5 Å². The molecule has 1 aliphatic rings. The highest BCUT2D eigenvalue weighted by Crippen LogP contribution is 2.24. The monoisotopic (exact) mass is 286 g/mol. The molecule has 15 heavy (non-hydrogen) atoms. The van der Waals surface area contributed by atoms with Crippen molar-refractivity contribution in [2.75, 3.05) is 23.7 Å². The molecule has 0 amide bonds. The van der Waals surface area contributed by atoms with E-state index in [2.05, 4.69) is 44.9 Å². The smallest absolute Gasteiger partial charge is 0.128 e. The van der Waals surface area contributed by atoms with Gasteiger partial charge < -0.3 is 4.90 Å². The van der Waals surface area contributed by atoms with Crippen LogP contribution in [0.3, 0.4) is 0 Å². The van der Waals surface area contributed by atoms with Gasteiger partial charge in [-0.3, -0.25) is 0 Å². The lowest BCUT2D eigenvalue weighted by Gasteiger charge is -2.31. The number of aryl methyl sites for hydroxylation is 1. The highest BCUT2D eigenvalue weighted by molar-refractivity contribution is 9.10. The number of nitrogens with zero attached hydrogens (tertiary/aromatic N) is 2. The second kappa shape index (κ2) is 4.74. The Balaban J connectivity index is 2.18. The van der Waals surface area contributed by atoms with Gasteiger partial charge in [0.25, 0.3) is 0 Å². The topological polar surface area (TPSA) is 16.1 Å². The molecule has 2 nitrogen and oxygen atoms in total. The van der Waals surface area contributed by atoms with Crippen molar-refractivity contribution in [3.8, 4) is 0 Å². The molecule has 82 valence electrons. The van der Waals surface area contributed by atoms with Crippen molar-refractivity contribution in [3.63, 3.8) is 0 Å². The predicted molar refractivity (Wildman–Crippen MR) is 70.8 cm³/mol. The number of pyridine rings is 1. The summed E-state index contributed by atoms with van der Waals surface area (Å²) in [5.74, 6) is 2.32. The third kappa shape index (κ3) is 2.67. The molecule has 1 saturated heterocycles. The summed E-state index contributed by atoms with van der Waals surface area (Å²) in [4.78, 5) is 6.98. The van der Waals surface area contributed by atoms with Crippen LogP contribution in [0, 0.1) is 6.92 Å². The van der Waals surface area contributed by atoms with Crippen LogP contribution < -0.4 is 4.90 Å². The first-order chi connectivity index (χ1) is 7.16. The lowest BCUT2D eigenvalue weighted by Crippen LogP contribution is -2.37. The Hall–Kier alpha value is -0.220. The van der Waals surface area contributed by atoms with Gasteiger partial charge in [0, 0.05) is 28.6 Å². The van der Waals surface area contributed by atoms with Gasteiger partial charge in [0.15, 0.2) is 0 Å². The molecule has 4 heteroatoms. The maximum atomic E-state index is 4.60. The minimum Gasteiger partial charge on any atom is -0.355 e. The summed E-state index contributed by atoms with van der Waals surface area (Å²) >= 11 is 5.53. The Morgan fingerprint density at radius 2 is 2.33 bits per heavy atom. The Labute approximate surface area is 104 Å². The van der Waals surface area contributed by atoms with Crippen molar-refractivity contribution < 1.29 is 0 Å². The number of anilines is 1. The van der Waals surface area contributed by atoms with Gasteiger partial charge in [-0.15, -0.1) is 0 Å². The van der Waals surface area contributed by atoms with E-state index in [4.69, 9.17) is 0 Å². The average Bonchev–Trinajstić information content (AvgIpc) is 2.22. The van der Waals surface area contributed by atoms with Crippen LogP contribution in [-0.4, -0.2) is 29.1 Å². The molecule has 2 rings (SSSR count). The SMILES string of the molecule is Cc1nc(N2CCSC(C)C2)ccc1Br. The number of thioether (sulfide) groups is 1. The molecule has 1 aromatic heterocycles. The third-order valence-electron chi connectivity index (χ3n) is 2.57. The van der Waals surface area contributed by atoms with Gasteiger partial charge in [0.05, 0.1) is 5.69 Å². The molecule has 2 heterocycles. The van der Waals surface area contributed by atoms with Gasteiger partial charge >= 0.3 is 0 Å². The molecule has 0 radical (unpaired) electrons. The number of hydrogen-bond donors (Lipinski definition) is 0. The van der Waals surface area contributed by atoms with Gasteiger partial charge in [0.1, 0.15) is 5.82 Å². The first-order valence-electron chi connectivity index (χ1n) is 5.16. The molecule has 0 bridgehead atoms. The minimum atomic E-state index is 0.713. The summed E-state index contributed by atoms with van der Waals surface area (Å²) in [6, 6.07) is 4.18. The summed E-state index contributed by atoms with van der Waals surface area (Å²) in [6.07, 6.45) is 0. The minimum absolute atomic E-state index is 0.713. The Bertz CT molecular complexity index is 356. The molecule has 1 aromatic rings. The van der Waals surface area contributed by atoms with Crippen molar-refractivity contribution in [1.82, 2.24) is 4.98 Å². The highest BCUT2D eigenvalue weighted by atomic mass is 79.9. The number of rotatable bonds is 1. The van der Waals surface area contributed by atoms with Crippen LogP contribution in [0.25, 0.3) is 0 Å². The van der Waals surface area contributed by atoms with Crippen molar-refractivity contribution in [2.45, 2.75) is 19.1 Å². The Morgan fingerprint density at radius 3 is 3.00 bits per heavy atom. The van der Waals surface area contributed by atoms with Gasteiger partial charge in [0.2, 0.25) is 0 Å². The summed E-state index contributed by atoms with van der Waals surface area (Å²) in [7, 11) is 0. The second-order valence-corrected chi connectivity index (χ2v) is 6.26. The molecule has 1 aliphatic heterocycles.